The largest absolute Gasteiger partial charge is 0.496 e. The summed E-state index contributed by atoms with van der Waals surface area (Å²) in [5, 5.41) is 1.28. The zero-order chi connectivity index (χ0) is 22.4. The van der Waals surface area contributed by atoms with Gasteiger partial charge in [-0.1, -0.05) is 40.9 Å². The molecular formula is C23H20Cl3NO4. The molecule has 0 aliphatic carbocycles. The van der Waals surface area contributed by atoms with Gasteiger partial charge in [0.1, 0.15) is 16.7 Å². The van der Waals surface area contributed by atoms with E-state index in [9.17, 15) is 4.79 Å². The Labute approximate surface area is 195 Å². The molecule has 0 bridgehead atoms. The van der Waals surface area contributed by atoms with Gasteiger partial charge in [-0.2, -0.15) is 0 Å². The molecule has 162 valence electrons. The fourth-order valence-electron chi connectivity index (χ4n) is 3.04. The second kappa shape index (κ2) is 10.7. The Morgan fingerprint density at radius 3 is 2.42 bits per heavy atom. The lowest BCUT2D eigenvalue weighted by atomic mass is 9.98. The van der Waals surface area contributed by atoms with E-state index in [0.717, 1.165) is 22.3 Å². The molecule has 0 spiro atoms. The number of aromatic nitrogens is 1. The third kappa shape index (κ3) is 6.03. The van der Waals surface area contributed by atoms with E-state index in [2.05, 4.69) is 4.98 Å². The standard InChI is InChI=1S/C23H20Cl3NO4/c1-3-30-23(28)13-31-16-11-19(24)18(20(25)12-16)9-14-4-5-21(29-2)17(8-14)15-6-7-27-22(26)10-15/h4-8,10-12H,3,9,13H2,1-2H3. The summed E-state index contributed by atoms with van der Waals surface area (Å²) in [6.07, 6.45) is 2.14. The summed E-state index contributed by atoms with van der Waals surface area (Å²) in [5.74, 6) is 0.653. The van der Waals surface area contributed by atoms with Crippen molar-refractivity contribution in [1.82, 2.24) is 4.98 Å². The van der Waals surface area contributed by atoms with E-state index in [1.165, 1.54) is 0 Å². The molecule has 0 amide bonds. The summed E-state index contributed by atoms with van der Waals surface area (Å²) >= 11 is 19.0. The van der Waals surface area contributed by atoms with Gasteiger partial charge >= 0.3 is 5.97 Å². The first kappa shape index (κ1) is 23.2. The van der Waals surface area contributed by atoms with Crippen LogP contribution in [0.15, 0.2) is 48.7 Å². The fraction of sp³-hybridized carbons (Fsp3) is 0.217. The van der Waals surface area contributed by atoms with Crippen molar-refractivity contribution in [3.05, 3.63) is 75.0 Å². The molecule has 0 saturated heterocycles. The summed E-state index contributed by atoms with van der Waals surface area (Å²) in [6, 6.07) is 12.7. The lowest BCUT2D eigenvalue weighted by Crippen LogP contribution is -2.14. The zero-order valence-electron chi connectivity index (χ0n) is 17.0. The summed E-state index contributed by atoms with van der Waals surface area (Å²) in [4.78, 5) is 15.5. The topological polar surface area (TPSA) is 57.7 Å². The monoisotopic (exact) mass is 479 g/mol. The van der Waals surface area contributed by atoms with Crippen LogP contribution in [0.1, 0.15) is 18.1 Å². The van der Waals surface area contributed by atoms with Crippen LogP contribution in [-0.4, -0.2) is 31.3 Å². The van der Waals surface area contributed by atoms with E-state index in [1.54, 1.807) is 38.4 Å². The molecule has 0 radical (unpaired) electrons. The van der Waals surface area contributed by atoms with Crippen LogP contribution < -0.4 is 9.47 Å². The van der Waals surface area contributed by atoms with E-state index >= 15 is 0 Å². The fourth-order valence-corrected chi connectivity index (χ4v) is 3.82. The van der Waals surface area contributed by atoms with Crippen LogP contribution in [0.25, 0.3) is 11.1 Å². The van der Waals surface area contributed by atoms with Gasteiger partial charge in [-0.05, 0) is 60.0 Å². The van der Waals surface area contributed by atoms with Crippen LogP contribution in [0.3, 0.4) is 0 Å². The predicted octanol–water partition coefficient (Wildman–Crippen LogP) is 6.25. The number of ether oxygens (including phenoxy) is 3. The van der Waals surface area contributed by atoms with Crippen molar-refractivity contribution in [3.63, 3.8) is 0 Å². The second-order valence-electron chi connectivity index (χ2n) is 6.54. The molecular weight excluding hydrogens is 461 g/mol. The number of carbonyl (C=O) groups excluding carboxylic acids is 1. The van der Waals surface area contributed by atoms with Crippen LogP contribution in [0.4, 0.5) is 0 Å². The van der Waals surface area contributed by atoms with Crippen molar-refractivity contribution in [2.24, 2.45) is 0 Å². The van der Waals surface area contributed by atoms with Gasteiger partial charge in [0.15, 0.2) is 6.61 Å². The SMILES string of the molecule is CCOC(=O)COc1cc(Cl)c(Cc2ccc(OC)c(-c3ccnc(Cl)c3)c2)c(Cl)c1. The zero-order valence-corrected chi connectivity index (χ0v) is 19.2. The van der Waals surface area contributed by atoms with Crippen LogP contribution in [0.5, 0.6) is 11.5 Å². The molecule has 0 N–H and O–H groups in total. The summed E-state index contributed by atoms with van der Waals surface area (Å²) < 4.78 is 15.8. The van der Waals surface area contributed by atoms with E-state index < -0.39 is 5.97 Å². The number of pyridine rings is 1. The Bertz CT molecular complexity index is 1070. The molecule has 5 nitrogen and oxygen atoms in total. The number of benzene rings is 2. The minimum atomic E-state index is -0.458. The van der Waals surface area contributed by atoms with Crippen molar-refractivity contribution >= 4 is 40.8 Å². The van der Waals surface area contributed by atoms with Gasteiger partial charge in [0.2, 0.25) is 0 Å². The van der Waals surface area contributed by atoms with Crippen LogP contribution in [-0.2, 0) is 16.0 Å². The first-order valence-electron chi connectivity index (χ1n) is 9.46. The molecule has 8 heteroatoms. The van der Waals surface area contributed by atoms with Crippen molar-refractivity contribution in [2.45, 2.75) is 13.3 Å². The molecule has 0 aliphatic rings. The molecule has 2 aromatic carbocycles. The van der Waals surface area contributed by atoms with Crippen molar-refractivity contribution < 1.29 is 19.0 Å². The number of carbonyl (C=O) groups is 1. The maximum atomic E-state index is 11.5. The molecule has 0 unspecified atom stereocenters. The number of esters is 1. The molecule has 0 aliphatic heterocycles. The van der Waals surface area contributed by atoms with Crippen molar-refractivity contribution in [3.8, 4) is 22.6 Å². The van der Waals surface area contributed by atoms with E-state index in [4.69, 9.17) is 49.0 Å². The van der Waals surface area contributed by atoms with Gasteiger partial charge in [0.25, 0.3) is 0 Å². The normalized spacial score (nSPS) is 10.6. The highest BCUT2D eigenvalue weighted by atomic mass is 35.5. The molecule has 0 atom stereocenters. The molecule has 1 aromatic heterocycles. The minimum Gasteiger partial charge on any atom is -0.496 e. The Balaban J connectivity index is 1.85. The smallest absolute Gasteiger partial charge is 0.344 e. The summed E-state index contributed by atoms with van der Waals surface area (Å²) in [5.41, 5.74) is 3.49. The highest BCUT2D eigenvalue weighted by Gasteiger charge is 2.14. The van der Waals surface area contributed by atoms with E-state index in [1.807, 2.05) is 24.3 Å². The number of hydrogen-bond donors (Lipinski definition) is 0. The van der Waals surface area contributed by atoms with Gasteiger partial charge in [0.05, 0.1) is 13.7 Å². The highest BCUT2D eigenvalue weighted by molar-refractivity contribution is 6.36. The average molecular weight is 481 g/mol. The number of hydrogen-bond acceptors (Lipinski definition) is 5. The lowest BCUT2D eigenvalue weighted by Gasteiger charge is -2.14. The van der Waals surface area contributed by atoms with Gasteiger partial charge in [-0.25, -0.2) is 9.78 Å². The number of nitrogens with zero attached hydrogens (tertiary/aromatic N) is 1. The molecule has 0 saturated carbocycles. The maximum Gasteiger partial charge on any atom is 0.344 e. The Morgan fingerprint density at radius 1 is 1.03 bits per heavy atom. The third-order valence-corrected chi connectivity index (χ3v) is 5.34. The van der Waals surface area contributed by atoms with E-state index in [0.29, 0.717) is 33.1 Å². The second-order valence-corrected chi connectivity index (χ2v) is 7.74. The highest BCUT2D eigenvalue weighted by Crippen LogP contribution is 2.35. The van der Waals surface area contributed by atoms with Crippen LogP contribution >= 0.6 is 34.8 Å². The Kier molecular flexibility index (Phi) is 8.02. The van der Waals surface area contributed by atoms with Gasteiger partial charge in [-0.15, -0.1) is 0 Å². The third-order valence-electron chi connectivity index (χ3n) is 4.46. The Hall–Kier alpha value is -2.47. The molecule has 0 fully saturated rings. The summed E-state index contributed by atoms with van der Waals surface area (Å²) in [7, 11) is 1.62. The Morgan fingerprint density at radius 2 is 1.77 bits per heavy atom. The number of methoxy groups -OCH3 is 1. The lowest BCUT2D eigenvalue weighted by molar-refractivity contribution is -0.145. The van der Waals surface area contributed by atoms with Gasteiger partial charge < -0.3 is 14.2 Å². The molecule has 31 heavy (non-hydrogen) atoms. The van der Waals surface area contributed by atoms with Gasteiger partial charge in [-0.3, -0.25) is 0 Å². The van der Waals surface area contributed by atoms with Crippen LogP contribution in [0.2, 0.25) is 15.2 Å². The van der Waals surface area contributed by atoms with E-state index in [-0.39, 0.29) is 13.2 Å². The maximum absolute atomic E-state index is 11.5. The first-order valence-corrected chi connectivity index (χ1v) is 10.6. The quantitative estimate of drug-likeness (QED) is 0.282. The minimum absolute atomic E-state index is 0.212. The van der Waals surface area contributed by atoms with Crippen LogP contribution in [0, 0.1) is 0 Å². The predicted molar refractivity (Wildman–Crippen MR) is 123 cm³/mol. The van der Waals surface area contributed by atoms with Crippen molar-refractivity contribution in [1.29, 1.82) is 0 Å². The summed E-state index contributed by atoms with van der Waals surface area (Å²) in [6.45, 7) is 1.81. The van der Waals surface area contributed by atoms with Crippen molar-refractivity contribution in [2.75, 3.05) is 20.3 Å². The molecule has 3 aromatic rings. The molecule has 3 rings (SSSR count). The average Bonchev–Trinajstić information content (AvgIpc) is 2.75. The van der Waals surface area contributed by atoms with Gasteiger partial charge in [0, 0.05) is 28.2 Å². The first-order chi connectivity index (χ1) is 14.9. The number of halogens is 3. The molecule has 1 heterocycles. The number of rotatable bonds is 8.